The van der Waals surface area contributed by atoms with E-state index in [1.54, 1.807) is 0 Å². The first kappa shape index (κ1) is 20.3. The van der Waals surface area contributed by atoms with Crippen LogP contribution in [0.5, 0.6) is 0 Å². The Morgan fingerprint density at radius 1 is 1.34 bits per heavy atom. The standard InChI is InChI=1S/C21H31N3O5/c1-2-15-17-16(12-20(13-22-18(17)26)5-8-29-9-6-20)24(23-15)7-3-4-21(19(27)28)10-14(25)11-21/h14,25H,2-13H2,1H3,(H,22,26)(H,27,28). The lowest BCUT2D eigenvalue weighted by atomic mass is 9.64. The zero-order valence-corrected chi connectivity index (χ0v) is 17.1. The SMILES string of the molecule is CCc1nn(CCCC2(C(=O)O)CC(O)C2)c2c1C(=O)NCC1(CCOCC1)C2. The number of hydrogen-bond acceptors (Lipinski definition) is 5. The summed E-state index contributed by atoms with van der Waals surface area (Å²) in [6.45, 7) is 4.68. The van der Waals surface area contributed by atoms with Crippen molar-refractivity contribution < 1.29 is 24.5 Å². The molecule has 8 nitrogen and oxygen atoms in total. The van der Waals surface area contributed by atoms with Gasteiger partial charge in [-0.25, -0.2) is 0 Å². The van der Waals surface area contributed by atoms with Crippen LogP contribution in [0.2, 0.25) is 0 Å². The maximum absolute atomic E-state index is 12.8. The van der Waals surface area contributed by atoms with Crippen LogP contribution in [0.15, 0.2) is 0 Å². The normalized spacial score (nSPS) is 28.3. The van der Waals surface area contributed by atoms with E-state index in [4.69, 9.17) is 9.84 Å². The number of aromatic nitrogens is 2. The summed E-state index contributed by atoms with van der Waals surface area (Å²) in [5.74, 6) is -0.868. The molecule has 3 aliphatic rings. The molecule has 29 heavy (non-hydrogen) atoms. The number of fused-ring (bicyclic) bond motifs is 1. The summed E-state index contributed by atoms with van der Waals surface area (Å²) in [4.78, 5) is 24.5. The second-order valence-electron chi connectivity index (χ2n) is 9.07. The molecule has 3 heterocycles. The van der Waals surface area contributed by atoms with Crippen LogP contribution in [-0.4, -0.2) is 57.7 Å². The van der Waals surface area contributed by atoms with Gasteiger partial charge in [-0.1, -0.05) is 6.92 Å². The van der Waals surface area contributed by atoms with Crippen molar-refractivity contribution in [3.05, 3.63) is 17.0 Å². The van der Waals surface area contributed by atoms with Gasteiger partial charge in [-0.15, -0.1) is 0 Å². The van der Waals surface area contributed by atoms with Gasteiger partial charge in [0.1, 0.15) is 0 Å². The topological polar surface area (TPSA) is 114 Å². The first-order valence-electron chi connectivity index (χ1n) is 10.7. The second-order valence-corrected chi connectivity index (χ2v) is 9.07. The second kappa shape index (κ2) is 7.72. The quantitative estimate of drug-likeness (QED) is 0.661. The number of carboxylic acids is 1. The number of aliphatic hydroxyl groups is 1. The molecular weight excluding hydrogens is 374 g/mol. The van der Waals surface area contributed by atoms with Crippen LogP contribution in [0, 0.1) is 10.8 Å². The van der Waals surface area contributed by atoms with Crippen LogP contribution in [0.4, 0.5) is 0 Å². The number of carbonyl (C=O) groups excluding carboxylic acids is 1. The van der Waals surface area contributed by atoms with E-state index < -0.39 is 17.5 Å². The highest BCUT2D eigenvalue weighted by molar-refractivity contribution is 5.97. The summed E-state index contributed by atoms with van der Waals surface area (Å²) in [5, 5.41) is 27.0. The molecule has 160 valence electrons. The summed E-state index contributed by atoms with van der Waals surface area (Å²) < 4.78 is 7.50. The molecule has 1 saturated carbocycles. The van der Waals surface area contributed by atoms with Gasteiger partial charge in [-0.2, -0.15) is 5.10 Å². The van der Waals surface area contributed by atoms with E-state index >= 15 is 0 Å². The zero-order chi connectivity index (χ0) is 20.6. The Balaban J connectivity index is 1.55. The summed E-state index contributed by atoms with van der Waals surface area (Å²) in [7, 11) is 0. The molecule has 1 amide bonds. The number of rotatable bonds is 6. The van der Waals surface area contributed by atoms with E-state index in [1.807, 2.05) is 11.6 Å². The minimum atomic E-state index is -0.822. The lowest BCUT2D eigenvalue weighted by Crippen LogP contribution is -2.47. The van der Waals surface area contributed by atoms with Crippen molar-refractivity contribution in [2.45, 2.75) is 70.9 Å². The van der Waals surface area contributed by atoms with Gasteiger partial charge in [0.25, 0.3) is 5.91 Å². The van der Waals surface area contributed by atoms with Crippen LogP contribution in [0.25, 0.3) is 0 Å². The summed E-state index contributed by atoms with van der Waals surface area (Å²) in [6.07, 6.45) is 4.63. The molecule has 1 aromatic rings. The highest BCUT2D eigenvalue weighted by atomic mass is 16.5. The minimum Gasteiger partial charge on any atom is -0.481 e. The summed E-state index contributed by atoms with van der Waals surface area (Å²) in [5.41, 5.74) is 1.70. The summed E-state index contributed by atoms with van der Waals surface area (Å²) in [6, 6.07) is 0. The van der Waals surface area contributed by atoms with Crippen LogP contribution in [0.3, 0.4) is 0 Å². The van der Waals surface area contributed by atoms with Gasteiger partial charge in [-0.05, 0) is 56.8 Å². The predicted octanol–water partition coefficient (Wildman–Crippen LogP) is 1.53. The third kappa shape index (κ3) is 3.68. The minimum absolute atomic E-state index is 0.00231. The van der Waals surface area contributed by atoms with Crippen molar-refractivity contribution in [1.82, 2.24) is 15.1 Å². The van der Waals surface area contributed by atoms with Crippen LogP contribution in [-0.2, 0) is 28.9 Å². The lowest BCUT2D eigenvalue weighted by molar-refractivity contribution is -0.164. The Labute approximate surface area is 170 Å². The Kier molecular flexibility index (Phi) is 5.42. The molecule has 1 spiro atoms. The van der Waals surface area contributed by atoms with E-state index in [1.165, 1.54) is 0 Å². The zero-order valence-electron chi connectivity index (χ0n) is 17.1. The van der Waals surface area contributed by atoms with Gasteiger partial charge < -0.3 is 20.3 Å². The molecule has 0 radical (unpaired) electrons. The van der Waals surface area contributed by atoms with Gasteiger partial charge in [0, 0.05) is 26.3 Å². The predicted molar refractivity (Wildman–Crippen MR) is 105 cm³/mol. The van der Waals surface area contributed by atoms with Gasteiger partial charge >= 0.3 is 5.97 Å². The fourth-order valence-electron chi connectivity index (χ4n) is 5.25. The smallest absolute Gasteiger partial charge is 0.309 e. The Morgan fingerprint density at radius 3 is 2.69 bits per heavy atom. The molecule has 1 saturated heterocycles. The van der Waals surface area contributed by atoms with Crippen molar-refractivity contribution in [3.63, 3.8) is 0 Å². The third-order valence-corrected chi connectivity index (χ3v) is 7.14. The molecular formula is C21H31N3O5. The van der Waals surface area contributed by atoms with Crippen LogP contribution >= 0.6 is 0 Å². The average molecular weight is 405 g/mol. The molecule has 1 aliphatic carbocycles. The molecule has 0 aromatic carbocycles. The molecule has 2 fully saturated rings. The van der Waals surface area contributed by atoms with Crippen molar-refractivity contribution in [3.8, 4) is 0 Å². The number of hydrogen-bond donors (Lipinski definition) is 3. The van der Waals surface area contributed by atoms with Crippen molar-refractivity contribution in [1.29, 1.82) is 0 Å². The van der Waals surface area contributed by atoms with E-state index in [0.717, 1.165) is 30.7 Å². The van der Waals surface area contributed by atoms with E-state index in [0.29, 0.717) is 64.0 Å². The van der Waals surface area contributed by atoms with Crippen molar-refractivity contribution >= 4 is 11.9 Å². The molecule has 2 aliphatic heterocycles. The average Bonchev–Trinajstić information content (AvgIpc) is 2.95. The number of nitrogens with one attached hydrogen (secondary N) is 1. The van der Waals surface area contributed by atoms with E-state index in [-0.39, 0.29) is 11.3 Å². The Bertz CT molecular complexity index is 790. The number of carboxylic acid groups (broad SMARTS) is 1. The monoisotopic (exact) mass is 405 g/mol. The Hall–Kier alpha value is -1.93. The molecule has 0 bridgehead atoms. The van der Waals surface area contributed by atoms with E-state index in [2.05, 4.69) is 5.32 Å². The van der Waals surface area contributed by atoms with Gasteiger partial charge in [0.15, 0.2) is 0 Å². The van der Waals surface area contributed by atoms with E-state index in [9.17, 15) is 19.8 Å². The maximum Gasteiger partial charge on any atom is 0.309 e. The lowest BCUT2D eigenvalue weighted by Gasteiger charge is -2.41. The first-order valence-corrected chi connectivity index (χ1v) is 10.7. The first-order chi connectivity index (χ1) is 13.9. The molecule has 0 unspecified atom stereocenters. The fraction of sp³-hybridized carbons (Fsp3) is 0.762. The van der Waals surface area contributed by atoms with Crippen LogP contribution < -0.4 is 5.32 Å². The number of carbonyl (C=O) groups is 2. The van der Waals surface area contributed by atoms with Crippen molar-refractivity contribution in [2.75, 3.05) is 19.8 Å². The number of aliphatic hydroxyl groups excluding tert-OH is 1. The Morgan fingerprint density at radius 2 is 2.07 bits per heavy atom. The third-order valence-electron chi connectivity index (χ3n) is 7.14. The molecule has 0 atom stereocenters. The molecule has 3 N–H and O–H groups in total. The number of amides is 1. The molecule has 4 rings (SSSR count). The number of aryl methyl sites for hydroxylation is 2. The van der Waals surface area contributed by atoms with Gasteiger partial charge in [0.05, 0.1) is 28.5 Å². The highest BCUT2D eigenvalue weighted by Gasteiger charge is 2.49. The number of ether oxygens (including phenoxy) is 1. The largest absolute Gasteiger partial charge is 0.481 e. The van der Waals surface area contributed by atoms with Crippen molar-refractivity contribution in [2.24, 2.45) is 10.8 Å². The number of nitrogens with zero attached hydrogens (tertiary/aromatic N) is 2. The number of aliphatic carboxylic acids is 1. The highest BCUT2D eigenvalue weighted by Crippen LogP contribution is 2.45. The fourth-order valence-corrected chi connectivity index (χ4v) is 5.25. The molecule has 1 aromatic heterocycles. The van der Waals surface area contributed by atoms with Gasteiger partial charge in [-0.3, -0.25) is 14.3 Å². The maximum atomic E-state index is 12.8. The summed E-state index contributed by atoms with van der Waals surface area (Å²) >= 11 is 0. The van der Waals surface area contributed by atoms with Gasteiger partial charge in [0.2, 0.25) is 0 Å². The molecule has 8 heteroatoms. The van der Waals surface area contributed by atoms with Crippen LogP contribution in [0.1, 0.15) is 67.2 Å².